The molecule has 0 atom stereocenters. The quantitative estimate of drug-likeness (QED) is 0.792. The number of rotatable bonds is 2. The minimum Gasteiger partial charge on any atom is -0.367 e. The average Bonchev–Trinajstić information content (AvgIpc) is 2.61. The molecule has 1 aliphatic heterocycles. The van der Waals surface area contributed by atoms with Gasteiger partial charge in [-0.15, -0.1) is 0 Å². The van der Waals surface area contributed by atoms with E-state index < -0.39 is 5.82 Å². The maximum Gasteiger partial charge on any atom is 0.143 e. The Morgan fingerprint density at radius 2 is 1.58 bits per heavy atom. The molecule has 1 saturated heterocycles. The molecule has 2 aromatic rings. The maximum absolute atomic E-state index is 13.8. The largest absolute Gasteiger partial charge is 0.367 e. The molecule has 3 rings (SSSR count). The summed E-state index contributed by atoms with van der Waals surface area (Å²) in [6.45, 7) is 2.91. The van der Waals surface area contributed by atoms with E-state index in [1.807, 2.05) is 23.1 Å². The van der Waals surface area contributed by atoms with Crippen LogP contribution >= 0.6 is 15.9 Å². The number of benzene rings is 2. The molecule has 0 unspecified atom stereocenters. The highest BCUT2D eigenvalue weighted by atomic mass is 79.9. The Morgan fingerprint density at radius 3 is 2.17 bits per heavy atom. The molecule has 0 saturated carbocycles. The van der Waals surface area contributed by atoms with Crippen LogP contribution < -0.4 is 9.80 Å². The molecule has 0 N–H and O–H groups in total. The molecular weight excluding hydrogens is 371 g/mol. The third kappa shape index (κ3) is 3.06. The first-order chi connectivity index (χ1) is 11.6. The van der Waals surface area contributed by atoms with Crippen LogP contribution in [-0.2, 0) is 0 Å². The third-order valence-corrected chi connectivity index (χ3v) is 4.78. The van der Waals surface area contributed by atoms with Crippen molar-refractivity contribution in [3.05, 3.63) is 57.8 Å². The van der Waals surface area contributed by atoms with Gasteiger partial charge in [-0.3, -0.25) is 0 Å². The topological polar surface area (TPSA) is 54.1 Å². The van der Waals surface area contributed by atoms with E-state index in [2.05, 4.69) is 26.9 Å². The summed E-state index contributed by atoms with van der Waals surface area (Å²) in [6, 6.07) is 14.3. The molecule has 6 heteroatoms. The molecule has 0 aliphatic carbocycles. The number of piperazine rings is 1. The second-order valence-corrected chi connectivity index (χ2v) is 6.35. The molecule has 0 aromatic heterocycles. The van der Waals surface area contributed by atoms with Crippen LogP contribution in [0.1, 0.15) is 11.1 Å². The van der Waals surface area contributed by atoms with Crippen molar-refractivity contribution in [2.45, 2.75) is 0 Å². The summed E-state index contributed by atoms with van der Waals surface area (Å²) >= 11 is 3.52. The lowest BCUT2D eigenvalue weighted by Crippen LogP contribution is -2.47. The highest BCUT2D eigenvalue weighted by Crippen LogP contribution is 2.30. The zero-order valence-electron chi connectivity index (χ0n) is 12.8. The maximum atomic E-state index is 13.8. The van der Waals surface area contributed by atoms with Crippen LogP contribution in [0.25, 0.3) is 0 Å². The van der Waals surface area contributed by atoms with Gasteiger partial charge in [-0.25, -0.2) is 4.39 Å². The predicted octanol–water partition coefficient (Wildman–Crippen LogP) is 3.66. The van der Waals surface area contributed by atoms with Gasteiger partial charge in [0.1, 0.15) is 17.4 Å². The Hall–Kier alpha value is -2.57. The Balaban J connectivity index is 1.77. The summed E-state index contributed by atoms with van der Waals surface area (Å²) in [6.07, 6.45) is 0. The summed E-state index contributed by atoms with van der Waals surface area (Å²) in [5.41, 5.74) is 2.40. The first-order valence-electron chi connectivity index (χ1n) is 7.52. The number of nitrogens with zero attached hydrogens (tertiary/aromatic N) is 4. The molecule has 0 bridgehead atoms. The number of hydrogen-bond donors (Lipinski definition) is 0. The molecule has 24 heavy (non-hydrogen) atoms. The molecule has 0 spiro atoms. The lowest BCUT2D eigenvalue weighted by atomic mass is 10.1. The van der Waals surface area contributed by atoms with Gasteiger partial charge in [0.05, 0.1) is 23.0 Å². The second-order valence-electron chi connectivity index (χ2n) is 5.50. The Bertz CT molecular complexity index is 845. The number of halogens is 2. The molecule has 0 radical (unpaired) electrons. The van der Waals surface area contributed by atoms with Crippen LogP contribution in [0.5, 0.6) is 0 Å². The molecule has 4 nitrogen and oxygen atoms in total. The number of hydrogen-bond acceptors (Lipinski definition) is 4. The van der Waals surface area contributed by atoms with Gasteiger partial charge in [-0.05, 0) is 46.3 Å². The van der Waals surface area contributed by atoms with E-state index in [0.29, 0.717) is 24.3 Å². The van der Waals surface area contributed by atoms with Crippen molar-refractivity contribution in [1.29, 1.82) is 10.5 Å². The van der Waals surface area contributed by atoms with Crippen molar-refractivity contribution in [3.63, 3.8) is 0 Å². The zero-order valence-corrected chi connectivity index (χ0v) is 14.4. The minimum atomic E-state index is -0.479. The van der Waals surface area contributed by atoms with Gasteiger partial charge in [-0.2, -0.15) is 10.5 Å². The molecule has 2 aromatic carbocycles. The average molecular weight is 385 g/mol. The molecule has 120 valence electrons. The van der Waals surface area contributed by atoms with Crippen LogP contribution in [0.2, 0.25) is 0 Å². The first kappa shape index (κ1) is 16.3. The van der Waals surface area contributed by atoms with E-state index in [9.17, 15) is 9.65 Å². The summed E-state index contributed by atoms with van der Waals surface area (Å²) < 4.78 is 14.7. The summed E-state index contributed by atoms with van der Waals surface area (Å²) in [7, 11) is 0. The lowest BCUT2D eigenvalue weighted by molar-refractivity contribution is 0.616. The van der Waals surface area contributed by atoms with Gasteiger partial charge in [0, 0.05) is 30.7 Å². The predicted molar refractivity (Wildman–Crippen MR) is 94.4 cm³/mol. The Morgan fingerprint density at radius 1 is 0.917 bits per heavy atom. The van der Waals surface area contributed by atoms with Crippen LogP contribution in [0.3, 0.4) is 0 Å². The van der Waals surface area contributed by atoms with E-state index in [1.54, 1.807) is 18.2 Å². The Labute approximate surface area is 148 Å². The fourth-order valence-electron chi connectivity index (χ4n) is 2.91. The fraction of sp³-hybridized carbons (Fsp3) is 0.222. The van der Waals surface area contributed by atoms with Gasteiger partial charge < -0.3 is 9.80 Å². The van der Waals surface area contributed by atoms with Gasteiger partial charge in [0.2, 0.25) is 0 Å². The van der Waals surface area contributed by atoms with E-state index in [1.165, 1.54) is 6.07 Å². The van der Waals surface area contributed by atoms with E-state index >= 15 is 0 Å². The fourth-order valence-corrected chi connectivity index (χ4v) is 3.54. The normalized spacial score (nSPS) is 14.2. The summed E-state index contributed by atoms with van der Waals surface area (Å²) in [5, 5.41) is 18.1. The van der Waals surface area contributed by atoms with Gasteiger partial charge in [0.15, 0.2) is 0 Å². The monoisotopic (exact) mass is 384 g/mol. The van der Waals surface area contributed by atoms with Gasteiger partial charge in [-0.1, -0.05) is 6.07 Å². The van der Waals surface area contributed by atoms with Gasteiger partial charge >= 0.3 is 0 Å². The first-order valence-corrected chi connectivity index (χ1v) is 8.31. The van der Waals surface area contributed by atoms with Crippen molar-refractivity contribution in [1.82, 2.24) is 0 Å². The number of anilines is 2. The van der Waals surface area contributed by atoms with Crippen molar-refractivity contribution in [2.24, 2.45) is 0 Å². The number of nitriles is 2. The highest BCUT2D eigenvalue weighted by molar-refractivity contribution is 9.10. The van der Waals surface area contributed by atoms with Crippen molar-refractivity contribution >= 4 is 27.3 Å². The summed E-state index contributed by atoms with van der Waals surface area (Å²) in [5.74, 6) is -0.479. The molecule has 1 heterocycles. The van der Waals surface area contributed by atoms with Crippen molar-refractivity contribution in [2.75, 3.05) is 36.0 Å². The van der Waals surface area contributed by atoms with Crippen LogP contribution in [0.15, 0.2) is 40.9 Å². The Kier molecular flexibility index (Phi) is 4.69. The van der Waals surface area contributed by atoms with Crippen molar-refractivity contribution in [3.8, 4) is 12.1 Å². The molecule has 0 amide bonds. The van der Waals surface area contributed by atoms with E-state index in [-0.39, 0.29) is 5.56 Å². The minimum absolute atomic E-state index is 0.102. The molecule has 1 aliphatic rings. The lowest BCUT2D eigenvalue weighted by Gasteiger charge is -2.38. The van der Waals surface area contributed by atoms with E-state index in [0.717, 1.165) is 23.2 Å². The zero-order chi connectivity index (χ0) is 17.1. The third-order valence-electron chi connectivity index (χ3n) is 4.14. The SMILES string of the molecule is N#Cc1ccc(N2CCN(c3cccc(F)c3C#N)CC2)c(Br)c1. The summed E-state index contributed by atoms with van der Waals surface area (Å²) in [4.78, 5) is 4.25. The second kappa shape index (κ2) is 6.90. The standard InChI is InChI=1S/C18H14BrFN4/c19-15-10-13(11-21)4-5-18(15)24-8-6-23(7-9-24)17-3-1-2-16(20)14(17)12-22/h1-5,10H,6-9H2. The van der Waals surface area contributed by atoms with Gasteiger partial charge in [0.25, 0.3) is 0 Å². The van der Waals surface area contributed by atoms with Crippen molar-refractivity contribution < 1.29 is 4.39 Å². The highest BCUT2D eigenvalue weighted by Gasteiger charge is 2.22. The molecule has 1 fully saturated rings. The smallest absolute Gasteiger partial charge is 0.143 e. The van der Waals surface area contributed by atoms with E-state index in [4.69, 9.17) is 5.26 Å². The van der Waals surface area contributed by atoms with Crippen LogP contribution in [0, 0.1) is 28.5 Å². The van der Waals surface area contributed by atoms with Crippen LogP contribution in [-0.4, -0.2) is 26.2 Å². The van der Waals surface area contributed by atoms with Crippen LogP contribution in [0.4, 0.5) is 15.8 Å². The molecular formula is C18H14BrFN4.